The van der Waals surface area contributed by atoms with Crippen molar-refractivity contribution in [2.24, 2.45) is 5.73 Å². The van der Waals surface area contributed by atoms with Crippen LogP contribution in [0.15, 0.2) is 30.3 Å². The zero-order valence-electron chi connectivity index (χ0n) is 9.89. The van der Waals surface area contributed by atoms with Crippen molar-refractivity contribution in [3.63, 3.8) is 0 Å². The van der Waals surface area contributed by atoms with Crippen molar-refractivity contribution in [1.29, 1.82) is 5.26 Å². The van der Waals surface area contributed by atoms with Gasteiger partial charge in [0.25, 0.3) is 0 Å². The van der Waals surface area contributed by atoms with Gasteiger partial charge in [-0.15, -0.1) is 0 Å². The first-order valence-electron chi connectivity index (χ1n) is 5.66. The SMILES string of the molecule is CCC(CC#N)NC(=O)[C@@H](N)c1ccccc1. The van der Waals surface area contributed by atoms with Gasteiger partial charge in [0.2, 0.25) is 5.91 Å². The van der Waals surface area contributed by atoms with Gasteiger partial charge in [-0.3, -0.25) is 4.79 Å². The number of carbonyl (C=O) groups is 1. The molecule has 1 aromatic rings. The number of rotatable bonds is 5. The number of hydrogen-bond acceptors (Lipinski definition) is 3. The molecule has 0 saturated heterocycles. The van der Waals surface area contributed by atoms with Crippen LogP contribution >= 0.6 is 0 Å². The summed E-state index contributed by atoms with van der Waals surface area (Å²) in [6.07, 6.45) is 1.03. The van der Waals surface area contributed by atoms with Crippen LogP contribution in [0.3, 0.4) is 0 Å². The topological polar surface area (TPSA) is 78.9 Å². The standard InChI is InChI=1S/C13H17N3O/c1-2-11(8-9-14)16-13(17)12(15)10-6-4-3-5-7-10/h3-7,11-12H,2,8,15H2,1H3,(H,16,17)/t11?,12-/m0/s1. The second-order valence-corrected chi connectivity index (χ2v) is 3.86. The minimum absolute atomic E-state index is 0.123. The van der Waals surface area contributed by atoms with Crippen LogP contribution in [0, 0.1) is 11.3 Å². The van der Waals surface area contributed by atoms with Gasteiger partial charge in [-0.25, -0.2) is 0 Å². The summed E-state index contributed by atoms with van der Waals surface area (Å²) in [7, 11) is 0. The average molecular weight is 231 g/mol. The van der Waals surface area contributed by atoms with Crippen LogP contribution in [-0.2, 0) is 4.79 Å². The van der Waals surface area contributed by atoms with Gasteiger partial charge in [0.1, 0.15) is 6.04 Å². The third-order valence-electron chi connectivity index (χ3n) is 2.62. The van der Waals surface area contributed by atoms with Crippen molar-refractivity contribution in [3.05, 3.63) is 35.9 Å². The number of hydrogen-bond donors (Lipinski definition) is 2. The summed E-state index contributed by atoms with van der Waals surface area (Å²) in [5, 5.41) is 11.4. The van der Waals surface area contributed by atoms with Gasteiger partial charge in [0, 0.05) is 6.04 Å². The molecule has 0 aliphatic rings. The lowest BCUT2D eigenvalue weighted by Crippen LogP contribution is -2.40. The molecule has 17 heavy (non-hydrogen) atoms. The molecule has 1 amide bonds. The number of nitrogens with one attached hydrogen (secondary N) is 1. The average Bonchev–Trinajstić information content (AvgIpc) is 2.38. The molecule has 90 valence electrons. The molecule has 3 N–H and O–H groups in total. The molecule has 0 aliphatic heterocycles. The minimum atomic E-state index is -0.677. The molecule has 1 rings (SSSR count). The van der Waals surface area contributed by atoms with Crippen LogP contribution in [0.1, 0.15) is 31.4 Å². The molecular weight excluding hydrogens is 214 g/mol. The van der Waals surface area contributed by atoms with E-state index in [1.165, 1.54) is 0 Å². The highest BCUT2D eigenvalue weighted by Crippen LogP contribution is 2.10. The quantitative estimate of drug-likeness (QED) is 0.805. The molecule has 2 atom stereocenters. The van der Waals surface area contributed by atoms with Gasteiger partial charge in [0.05, 0.1) is 12.5 Å². The maximum atomic E-state index is 11.8. The van der Waals surface area contributed by atoms with E-state index in [0.717, 1.165) is 12.0 Å². The molecule has 0 radical (unpaired) electrons. The van der Waals surface area contributed by atoms with Gasteiger partial charge in [-0.05, 0) is 12.0 Å². The van der Waals surface area contributed by atoms with E-state index in [-0.39, 0.29) is 11.9 Å². The lowest BCUT2D eigenvalue weighted by atomic mass is 10.1. The Bertz CT molecular complexity index is 397. The zero-order valence-corrected chi connectivity index (χ0v) is 9.89. The van der Waals surface area contributed by atoms with Gasteiger partial charge in [-0.1, -0.05) is 37.3 Å². The Kier molecular flexibility index (Phi) is 5.18. The molecule has 4 nitrogen and oxygen atoms in total. The highest BCUT2D eigenvalue weighted by Gasteiger charge is 2.18. The maximum Gasteiger partial charge on any atom is 0.241 e. The molecular formula is C13H17N3O. The molecule has 0 saturated carbocycles. The Morgan fingerprint density at radius 2 is 2.12 bits per heavy atom. The summed E-state index contributed by atoms with van der Waals surface area (Å²) < 4.78 is 0. The van der Waals surface area contributed by atoms with Crippen LogP contribution in [0.4, 0.5) is 0 Å². The first-order chi connectivity index (χ1) is 8.19. The number of nitrogens with zero attached hydrogens (tertiary/aromatic N) is 1. The number of nitriles is 1. The first-order valence-corrected chi connectivity index (χ1v) is 5.66. The molecule has 0 bridgehead atoms. The summed E-state index contributed by atoms with van der Waals surface area (Å²) >= 11 is 0. The Balaban J connectivity index is 2.62. The first kappa shape index (κ1) is 13.2. The second-order valence-electron chi connectivity index (χ2n) is 3.86. The van der Waals surface area contributed by atoms with Crippen LogP contribution in [0.5, 0.6) is 0 Å². The van der Waals surface area contributed by atoms with Gasteiger partial charge < -0.3 is 11.1 Å². The fourth-order valence-electron chi connectivity index (χ4n) is 1.51. The zero-order chi connectivity index (χ0) is 12.7. The molecule has 0 aliphatic carbocycles. The van der Waals surface area contributed by atoms with E-state index in [4.69, 9.17) is 11.0 Å². The van der Waals surface area contributed by atoms with Crippen molar-refractivity contribution in [2.45, 2.75) is 31.8 Å². The van der Waals surface area contributed by atoms with E-state index in [1.54, 1.807) is 0 Å². The van der Waals surface area contributed by atoms with E-state index < -0.39 is 6.04 Å². The third-order valence-corrected chi connectivity index (χ3v) is 2.62. The maximum absolute atomic E-state index is 11.8. The number of amides is 1. The Morgan fingerprint density at radius 3 is 2.65 bits per heavy atom. The normalized spacial score (nSPS) is 13.5. The summed E-state index contributed by atoms with van der Waals surface area (Å²) in [4.78, 5) is 11.8. The van der Waals surface area contributed by atoms with Crippen LogP contribution in [0.2, 0.25) is 0 Å². The summed E-state index contributed by atoms with van der Waals surface area (Å²) in [6.45, 7) is 1.93. The predicted molar refractivity (Wildman–Crippen MR) is 65.8 cm³/mol. The molecule has 0 aromatic heterocycles. The molecule has 0 fully saturated rings. The molecule has 4 heteroatoms. The molecule has 0 spiro atoms. The number of carbonyl (C=O) groups excluding carboxylic acids is 1. The minimum Gasteiger partial charge on any atom is -0.351 e. The summed E-state index contributed by atoms with van der Waals surface area (Å²) in [5.41, 5.74) is 6.62. The van der Waals surface area contributed by atoms with Crippen molar-refractivity contribution < 1.29 is 4.79 Å². The van der Waals surface area contributed by atoms with Crippen molar-refractivity contribution >= 4 is 5.91 Å². The number of benzene rings is 1. The highest BCUT2D eigenvalue weighted by molar-refractivity contribution is 5.83. The predicted octanol–water partition coefficient (Wildman–Crippen LogP) is 1.49. The molecule has 1 unspecified atom stereocenters. The smallest absolute Gasteiger partial charge is 0.241 e. The lowest BCUT2D eigenvalue weighted by Gasteiger charge is -2.17. The van der Waals surface area contributed by atoms with E-state index in [1.807, 2.05) is 43.3 Å². The third kappa shape index (κ3) is 3.89. The number of nitrogens with two attached hydrogens (primary N) is 1. The monoisotopic (exact) mass is 231 g/mol. The van der Waals surface area contributed by atoms with E-state index in [2.05, 4.69) is 5.32 Å². The van der Waals surface area contributed by atoms with E-state index >= 15 is 0 Å². The highest BCUT2D eigenvalue weighted by atomic mass is 16.2. The van der Waals surface area contributed by atoms with Crippen molar-refractivity contribution in [1.82, 2.24) is 5.32 Å². The second kappa shape index (κ2) is 6.66. The van der Waals surface area contributed by atoms with Crippen LogP contribution < -0.4 is 11.1 Å². The molecule has 1 aromatic carbocycles. The van der Waals surface area contributed by atoms with Gasteiger partial charge in [0.15, 0.2) is 0 Å². The molecule has 0 heterocycles. The lowest BCUT2D eigenvalue weighted by molar-refractivity contribution is -0.123. The van der Waals surface area contributed by atoms with Crippen molar-refractivity contribution in [2.75, 3.05) is 0 Å². The van der Waals surface area contributed by atoms with Gasteiger partial charge >= 0.3 is 0 Å². The Labute approximate surface area is 101 Å². The fraction of sp³-hybridized carbons (Fsp3) is 0.385. The van der Waals surface area contributed by atoms with E-state index in [9.17, 15) is 4.79 Å². The largest absolute Gasteiger partial charge is 0.351 e. The van der Waals surface area contributed by atoms with Crippen LogP contribution in [-0.4, -0.2) is 11.9 Å². The summed E-state index contributed by atoms with van der Waals surface area (Å²) in [5.74, 6) is -0.238. The fourth-order valence-corrected chi connectivity index (χ4v) is 1.51. The van der Waals surface area contributed by atoms with Crippen molar-refractivity contribution in [3.8, 4) is 6.07 Å². The Hall–Kier alpha value is -1.86. The van der Waals surface area contributed by atoms with Gasteiger partial charge in [-0.2, -0.15) is 5.26 Å². The summed E-state index contributed by atoms with van der Waals surface area (Å²) in [6, 6.07) is 10.4. The van der Waals surface area contributed by atoms with E-state index in [0.29, 0.717) is 6.42 Å². The van der Waals surface area contributed by atoms with Crippen LogP contribution in [0.25, 0.3) is 0 Å². The Morgan fingerprint density at radius 1 is 1.47 bits per heavy atom.